The van der Waals surface area contributed by atoms with Crippen molar-refractivity contribution in [2.24, 2.45) is 5.84 Å². The van der Waals surface area contributed by atoms with Crippen LogP contribution in [0.2, 0.25) is 5.02 Å². The van der Waals surface area contributed by atoms with Crippen molar-refractivity contribution in [3.8, 4) is 17.1 Å². The van der Waals surface area contributed by atoms with Gasteiger partial charge in [0.25, 0.3) is 0 Å². The molecule has 0 aliphatic heterocycles. The Bertz CT molecular complexity index is 901. The molecule has 3 aromatic rings. The van der Waals surface area contributed by atoms with Gasteiger partial charge < -0.3 is 10.1 Å². The summed E-state index contributed by atoms with van der Waals surface area (Å²) in [5.41, 5.74) is 7.03. The van der Waals surface area contributed by atoms with Crippen molar-refractivity contribution < 1.29 is 9.53 Å². The van der Waals surface area contributed by atoms with E-state index in [1.165, 1.54) is 5.56 Å². The lowest BCUT2D eigenvalue weighted by atomic mass is 10.1. The van der Waals surface area contributed by atoms with Crippen LogP contribution in [0.5, 0.6) is 5.88 Å². The zero-order chi connectivity index (χ0) is 20.4. The van der Waals surface area contributed by atoms with E-state index in [0.29, 0.717) is 23.9 Å². The summed E-state index contributed by atoms with van der Waals surface area (Å²) in [6.45, 7) is 2.55. The van der Waals surface area contributed by atoms with E-state index < -0.39 is 0 Å². The lowest BCUT2D eigenvalue weighted by Gasteiger charge is -2.13. The largest absolute Gasteiger partial charge is 0.473 e. The van der Waals surface area contributed by atoms with E-state index in [2.05, 4.69) is 29.1 Å². The van der Waals surface area contributed by atoms with Crippen molar-refractivity contribution in [2.45, 2.75) is 13.5 Å². The number of hydrazine groups is 1. The number of ether oxygens (including phenoxy) is 1. The summed E-state index contributed by atoms with van der Waals surface area (Å²) in [6, 6.07) is 19.6. The van der Waals surface area contributed by atoms with Gasteiger partial charge >= 0.3 is 0 Å². The first-order chi connectivity index (χ1) is 13.6. The molecule has 0 aliphatic rings. The van der Waals surface area contributed by atoms with Crippen LogP contribution in [-0.4, -0.2) is 18.4 Å². The van der Waals surface area contributed by atoms with Gasteiger partial charge in [-0.3, -0.25) is 10.2 Å². The second kappa shape index (κ2) is 10.9. The average Bonchev–Trinajstić information content (AvgIpc) is 2.73. The predicted molar refractivity (Wildman–Crippen MR) is 113 cm³/mol. The molecule has 1 amide bonds. The van der Waals surface area contributed by atoms with E-state index in [0.717, 1.165) is 22.5 Å². The molecule has 6 nitrogen and oxygen atoms in total. The fraction of sp³-hybridized carbons (Fsp3) is 0.143. The van der Waals surface area contributed by atoms with Gasteiger partial charge in [0.1, 0.15) is 6.61 Å². The van der Waals surface area contributed by atoms with Gasteiger partial charge in [-0.25, -0.2) is 10.8 Å². The van der Waals surface area contributed by atoms with Crippen LogP contribution in [0.1, 0.15) is 11.1 Å². The van der Waals surface area contributed by atoms with Crippen molar-refractivity contribution in [3.63, 3.8) is 0 Å². The molecule has 7 heteroatoms. The maximum atomic E-state index is 8.94. The highest BCUT2D eigenvalue weighted by atomic mass is 35.5. The highest BCUT2D eigenvalue weighted by Gasteiger charge is 2.07. The van der Waals surface area contributed by atoms with E-state index in [-0.39, 0.29) is 0 Å². The van der Waals surface area contributed by atoms with Crippen LogP contribution in [0.3, 0.4) is 0 Å². The Morgan fingerprint density at radius 3 is 2.43 bits per heavy atom. The maximum Gasteiger partial charge on any atom is 0.221 e. The molecule has 0 spiro atoms. The third-order valence-corrected chi connectivity index (χ3v) is 4.23. The first kappa shape index (κ1) is 21.2. The average molecular weight is 399 g/mol. The van der Waals surface area contributed by atoms with Crippen molar-refractivity contribution in [2.75, 3.05) is 12.4 Å². The molecule has 0 saturated carbocycles. The Morgan fingerprint density at radius 1 is 1.11 bits per heavy atom. The number of hydrogen-bond acceptors (Lipinski definition) is 5. The summed E-state index contributed by atoms with van der Waals surface area (Å²) < 4.78 is 5.92. The van der Waals surface area contributed by atoms with Crippen LogP contribution in [0, 0.1) is 6.92 Å². The number of carbonyl (C=O) groups excluding carboxylic acids is 1. The number of hydrogen-bond donors (Lipinski definition) is 3. The summed E-state index contributed by atoms with van der Waals surface area (Å²) in [5, 5.41) is 3.92. The standard InChI is InChI=1S/C20H19ClN2O.CH4N2O/c1-14-5-3-7-19(22-2)17(14)13-24-20-8-4-6-18(23-20)15-9-11-16(21)12-10-15;2-3-1-4/h3-12,22H,13H2,1-2H3;1H,2H2,(H,3,4). The third kappa shape index (κ3) is 5.97. The Kier molecular flexibility index (Phi) is 8.27. The zero-order valence-corrected chi connectivity index (χ0v) is 16.5. The highest BCUT2D eigenvalue weighted by molar-refractivity contribution is 6.30. The molecule has 4 N–H and O–H groups in total. The van der Waals surface area contributed by atoms with E-state index >= 15 is 0 Å². The molecule has 0 atom stereocenters. The molecule has 3 rings (SSSR count). The number of carbonyl (C=O) groups is 1. The van der Waals surface area contributed by atoms with Gasteiger partial charge in [0, 0.05) is 35.0 Å². The summed E-state index contributed by atoms with van der Waals surface area (Å²) >= 11 is 5.94. The fourth-order valence-corrected chi connectivity index (χ4v) is 2.68. The van der Waals surface area contributed by atoms with Gasteiger partial charge in [-0.15, -0.1) is 0 Å². The Morgan fingerprint density at radius 2 is 1.79 bits per heavy atom. The number of aryl methyl sites for hydroxylation is 1. The second-order valence-corrected chi connectivity index (χ2v) is 6.23. The molecule has 0 radical (unpaired) electrons. The number of nitrogens with two attached hydrogens (primary N) is 1. The van der Waals surface area contributed by atoms with Crippen LogP contribution in [0.4, 0.5) is 5.69 Å². The van der Waals surface area contributed by atoms with Crippen molar-refractivity contribution in [1.82, 2.24) is 10.4 Å². The molecule has 0 aliphatic carbocycles. The Hall–Kier alpha value is -3.09. The number of pyridine rings is 1. The van der Waals surface area contributed by atoms with Crippen molar-refractivity contribution >= 4 is 23.7 Å². The van der Waals surface area contributed by atoms with Crippen molar-refractivity contribution in [1.29, 1.82) is 0 Å². The summed E-state index contributed by atoms with van der Waals surface area (Å²) in [4.78, 5) is 13.5. The van der Waals surface area contributed by atoms with Gasteiger partial charge in [0.2, 0.25) is 12.3 Å². The van der Waals surface area contributed by atoms with Gasteiger partial charge in [0.15, 0.2) is 0 Å². The van der Waals surface area contributed by atoms with E-state index in [4.69, 9.17) is 21.1 Å². The molecule has 0 fully saturated rings. The van der Waals surface area contributed by atoms with Gasteiger partial charge in [-0.1, -0.05) is 41.9 Å². The molecule has 28 heavy (non-hydrogen) atoms. The topological polar surface area (TPSA) is 89.3 Å². The molecular formula is C21H23ClN4O2. The quantitative estimate of drug-likeness (QED) is 0.253. The molecule has 1 aromatic heterocycles. The van der Waals surface area contributed by atoms with Gasteiger partial charge in [0.05, 0.1) is 5.69 Å². The van der Waals surface area contributed by atoms with Crippen LogP contribution < -0.4 is 21.3 Å². The minimum atomic E-state index is 0.403. The Balaban J connectivity index is 0.000000640. The van der Waals surface area contributed by atoms with Crippen LogP contribution in [0.25, 0.3) is 11.3 Å². The van der Waals surface area contributed by atoms with Crippen LogP contribution >= 0.6 is 11.6 Å². The number of amides is 1. The monoisotopic (exact) mass is 398 g/mol. The second-order valence-electron chi connectivity index (χ2n) is 5.79. The summed E-state index contributed by atoms with van der Waals surface area (Å²) in [6.07, 6.45) is 0.403. The molecule has 0 saturated heterocycles. The van der Waals surface area contributed by atoms with Crippen LogP contribution in [-0.2, 0) is 11.4 Å². The zero-order valence-electron chi connectivity index (χ0n) is 15.8. The molecule has 0 bridgehead atoms. The number of nitrogens with one attached hydrogen (secondary N) is 2. The van der Waals surface area contributed by atoms with Crippen molar-refractivity contribution in [3.05, 3.63) is 76.8 Å². The maximum absolute atomic E-state index is 8.94. The molecule has 2 aromatic carbocycles. The third-order valence-electron chi connectivity index (χ3n) is 3.98. The van der Waals surface area contributed by atoms with E-state index in [1.807, 2.05) is 61.6 Å². The minimum Gasteiger partial charge on any atom is -0.473 e. The number of nitrogens with zero attached hydrogens (tertiary/aromatic N) is 1. The van der Waals surface area contributed by atoms with E-state index in [9.17, 15) is 0 Å². The normalized spacial score (nSPS) is 9.71. The minimum absolute atomic E-state index is 0.403. The molecule has 1 heterocycles. The first-order valence-corrected chi connectivity index (χ1v) is 8.98. The summed E-state index contributed by atoms with van der Waals surface area (Å²) in [5.74, 6) is 5.01. The fourth-order valence-electron chi connectivity index (χ4n) is 2.55. The van der Waals surface area contributed by atoms with Gasteiger partial charge in [-0.05, 0) is 36.8 Å². The highest BCUT2D eigenvalue weighted by Crippen LogP contribution is 2.24. The number of halogens is 1. The number of benzene rings is 2. The molecule has 146 valence electrons. The lowest BCUT2D eigenvalue weighted by Crippen LogP contribution is -2.18. The smallest absolute Gasteiger partial charge is 0.221 e. The number of anilines is 1. The van der Waals surface area contributed by atoms with E-state index in [1.54, 1.807) is 5.43 Å². The molecule has 0 unspecified atom stereocenters. The predicted octanol–water partition coefficient (Wildman–Crippen LogP) is 3.94. The SMILES string of the molecule is CNc1cccc(C)c1COc1cccc(-c2ccc(Cl)cc2)n1.NNC=O. The first-order valence-electron chi connectivity index (χ1n) is 8.61. The van der Waals surface area contributed by atoms with Gasteiger partial charge in [-0.2, -0.15) is 0 Å². The van der Waals surface area contributed by atoms with Crippen LogP contribution in [0.15, 0.2) is 60.7 Å². The summed E-state index contributed by atoms with van der Waals surface area (Å²) in [7, 11) is 1.91. The Labute approximate surface area is 169 Å². The molecular weight excluding hydrogens is 376 g/mol. The number of aromatic nitrogens is 1. The number of rotatable bonds is 6. The lowest BCUT2D eigenvalue weighted by molar-refractivity contribution is -0.109.